The lowest BCUT2D eigenvalue weighted by atomic mass is 10.2. The van der Waals surface area contributed by atoms with E-state index in [2.05, 4.69) is 25.0 Å². The van der Waals surface area contributed by atoms with Crippen LogP contribution in [0.15, 0.2) is 24.3 Å². The maximum Gasteiger partial charge on any atom is 0.119 e. The Morgan fingerprint density at radius 3 is 2.42 bits per heavy atom. The summed E-state index contributed by atoms with van der Waals surface area (Å²) in [7, 11) is 0. The summed E-state index contributed by atoms with van der Waals surface area (Å²) in [6.07, 6.45) is 0. The van der Waals surface area contributed by atoms with Gasteiger partial charge in [-0.25, -0.2) is 0 Å². The van der Waals surface area contributed by atoms with Crippen molar-refractivity contribution < 1.29 is 4.74 Å². The number of hydrogen-bond donors (Lipinski definition) is 0. The first-order valence-corrected chi connectivity index (χ1v) is 6.25. The molecule has 0 saturated carbocycles. The molecular formula is C15H17N3O. The Labute approximate surface area is 113 Å². The summed E-state index contributed by atoms with van der Waals surface area (Å²) < 4.78 is 7.61. The minimum Gasteiger partial charge on any atom is -0.492 e. The molecule has 1 aromatic carbocycles. The van der Waals surface area contributed by atoms with Gasteiger partial charge in [-0.15, -0.1) is 0 Å². The average molecular weight is 255 g/mol. The summed E-state index contributed by atoms with van der Waals surface area (Å²) in [4.78, 5) is 0. The number of hydrogen-bond acceptors (Lipinski definition) is 3. The van der Waals surface area contributed by atoms with E-state index in [4.69, 9.17) is 10.00 Å². The van der Waals surface area contributed by atoms with Crippen molar-refractivity contribution in [1.82, 2.24) is 9.78 Å². The van der Waals surface area contributed by atoms with Crippen LogP contribution in [0.3, 0.4) is 0 Å². The van der Waals surface area contributed by atoms with E-state index in [9.17, 15) is 0 Å². The molecule has 0 aliphatic heterocycles. The van der Waals surface area contributed by atoms with Crippen LogP contribution in [0.5, 0.6) is 5.75 Å². The molecule has 0 saturated heterocycles. The molecule has 4 heteroatoms. The smallest absolute Gasteiger partial charge is 0.119 e. The van der Waals surface area contributed by atoms with Crippen LogP contribution in [0.4, 0.5) is 0 Å². The van der Waals surface area contributed by atoms with Gasteiger partial charge in [0.1, 0.15) is 12.4 Å². The van der Waals surface area contributed by atoms with Crippen LogP contribution in [0.2, 0.25) is 0 Å². The van der Waals surface area contributed by atoms with Crippen molar-refractivity contribution >= 4 is 0 Å². The zero-order valence-electron chi connectivity index (χ0n) is 11.5. The molecule has 0 unspecified atom stereocenters. The summed E-state index contributed by atoms with van der Waals surface area (Å²) in [5.41, 5.74) is 4.12. The normalized spacial score (nSPS) is 10.2. The molecule has 2 rings (SSSR count). The van der Waals surface area contributed by atoms with E-state index in [1.54, 1.807) is 12.1 Å². The van der Waals surface area contributed by atoms with Crippen molar-refractivity contribution in [3.63, 3.8) is 0 Å². The Balaban J connectivity index is 1.92. The molecule has 2 aromatic rings. The van der Waals surface area contributed by atoms with E-state index in [1.165, 1.54) is 11.3 Å². The van der Waals surface area contributed by atoms with Gasteiger partial charge in [0, 0.05) is 5.69 Å². The molecule has 0 aliphatic rings. The van der Waals surface area contributed by atoms with Crippen LogP contribution in [0.1, 0.15) is 22.5 Å². The third-order valence-electron chi connectivity index (χ3n) is 3.30. The predicted octanol–water partition coefficient (Wildman–Crippen LogP) is 2.76. The highest BCUT2D eigenvalue weighted by molar-refractivity contribution is 5.34. The molecule has 0 aliphatic carbocycles. The van der Waals surface area contributed by atoms with Gasteiger partial charge in [-0.2, -0.15) is 10.4 Å². The van der Waals surface area contributed by atoms with E-state index in [0.29, 0.717) is 12.2 Å². The van der Waals surface area contributed by atoms with Gasteiger partial charge in [-0.1, -0.05) is 0 Å². The third-order valence-corrected chi connectivity index (χ3v) is 3.30. The number of rotatable bonds is 4. The van der Waals surface area contributed by atoms with Gasteiger partial charge in [-0.05, 0) is 50.6 Å². The SMILES string of the molecule is Cc1nn(CCOc2ccc(C#N)cc2)c(C)c1C. The summed E-state index contributed by atoms with van der Waals surface area (Å²) in [6.45, 7) is 7.45. The molecule has 98 valence electrons. The zero-order chi connectivity index (χ0) is 13.8. The Morgan fingerprint density at radius 1 is 1.21 bits per heavy atom. The Bertz CT molecular complexity index is 606. The minimum absolute atomic E-state index is 0.563. The van der Waals surface area contributed by atoms with E-state index in [1.807, 2.05) is 23.7 Å². The fourth-order valence-electron chi connectivity index (χ4n) is 1.88. The van der Waals surface area contributed by atoms with Crippen molar-refractivity contribution in [2.45, 2.75) is 27.3 Å². The Morgan fingerprint density at radius 2 is 1.89 bits per heavy atom. The second kappa shape index (κ2) is 5.57. The van der Waals surface area contributed by atoms with Gasteiger partial charge in [-0.3, -0.25) is 4.68 Å². The first-order chi connectivity index (χ1) is 9.11. The highest BCUT2D eigenvalue weighted by Crippen LogP contribution is 2.13. The number of nitrogens with zero attached hydrogens (tertiary/aromatic N) is 3. The van der Waals surface area contributed by atoms with Gasteiger partial charge in [0.05, 0.1) is 23.9 Å². The standard InChI is InChI=1S/C15H17N3O/c1-11-12(2)17-18(13(11)3)8-9-19-15-6-4-14(10-16)5-7-15/h4-7H,8-9H2,1-3H3. The first-order valence-electron chi connectivity index (χ1n) is 6.25. The van der Waals surface area contributed by atoms with Gasteiger partial charge in [0.15, 0.2) is 0 Å². The number of aryl methyl sites for hydroxylation is 1. The number of aromatic nitrogens is 2. The lowest BCUT2D eigenvalue weighted by Crippen LogP contribution is -2.11. The Hall–Kier alpha value is -2.28. The highest BCUT2D eigenvalue weighted by Gasteiger charge is 2.06. The predicted molar refractivity (Wildman–Crippen MR) is 73.1 cm³/mol. The molecule has 0 spiro atoms. The maximum absolute atomic E-state index is 8.71. The topological polar surface area (TPSA) is 50.8 Å². The van der Waals surface area contributed by atoms with E-state index < -0.39 is 0 Å². The molecule has 0 amide bonds. The molecule has 0 bridgehead atoms. The number of benzene rings is 1. The second-order valence-electron chi connectivity index (χ2n) is 4.50. The molecule has 19 heavy (non-hydrogen) atoms. The molecule has 0 atom stereocenters. The molecule has 0 fully saturated rings. The summed E-state index contributed by atoms with van der Waals surface area (Å²) in [5, 5.41) is 13.2. The second-order valence-corrected chi connectivity index (χ2v) is 4.50. The van der Waals surface area contributed by atoms with Crippen LogP contribution in [-0.4, -0.2) is 16.4 Å². The largest absolute Gasteiger partial charge is 0.492 e. The van der Waals surface area contributed by atoms with Gasteiger partial charge in [0.25, 0.3) is 0 Å². The fraction of sp³-hybridized carbons (Fsp3) is 0.333. The zero-order valence-corrected chi connectivity index (χ0v) is 11.5. The van der Waals surface area contributed by atoms with E-state index in [0.717, 1.165) is 18.0 Å². The molecule has 1 heterocycles. The van der Waals surface area contributed by atoms with Crippen LogP contribution in [0, 0.1) is 32.1 Å². The lowest BCUT2D eigenvalue weighted by Gasteiger charge is -2.07. The van der Waals surface area contributed by atoms with Crippen molar-refractivity contribution in [3.05, 3.63) is 46.8 Å². The lowest BCUT2D eigenvalue weighted by molar-refractivity contribution is 0.289. The number of nitriles is 1. The molecule has 0 radical (unpaired) electrons. The van der Waals surface area contributed by atoms with Crippen LogP contribution < -0.4 is 4.74 Å². The number of ether oxygens (including phenoxy) is 1. The quantitative estimate of drug-likeness (QED) is 0.844. The Kier molecular flexibility index (Phi) is 3.86. The molecule has 4 nitrogen and oxygen atoms in total. The van der Waals surface area contributed by atoms with E-state index >= 15 is 0 Å². The van der Waals surface area contributed by atoms with Crippen LogP contribution in [0.25, 0.3) is 0 Å². The fourth-order valence-corrected chi connectivity index (χ4v) is 1.88. The van der Waals surface area contributed by atoms with Crippen LogP contribution in [-0.2, 0) is 6.54 Å². The monoisotopic (exact) mass is 255 g/mol. The summed E-state index contributed by atoms with van der Waals surface area (Å²) in [5.74, 6) is 0.775. The first kappa shape index (κ1) is 13.2. The van der Waals surface area contributed by atoms with Gasteiger partial charge in [0.2, 0.25) is 0 Å². The van der Waals surface area contributed by atoms with Crippen LogP contribution >= 0.6 is 0 Å². The minimum atomic E-state index is 0.563. The third kappa shape index (κ3) is 2.94. The summed E-state index contributed by atoms with van der Waals surface area (Å²) >= 11 is 0. The molecular weight excluding hydrogens is 238 g/mol. The van der Waals surface area contributed by atoms with Gasteiger partial charge >= 0.3 is 0 Å². The van der Waals surface area contributed by atoms with Crippen molar-refractivity contribution in [1.29, 1.82) is 5.26 Å². The van der Waals surface area contributed by atoms with Crippen molar-refractivity contribution in [2.75, 3.05) is 6.61 Å². The van der Waals surface area contributed by atoms with Crippen molar-refractivity contribution in [2.24, 2.45) is 0 Å². The average Bonchev–Trinajstić information content (AvgIpc) is 2.67. The molecule has 0 N–H and O–H groups in total. The van der Waals surface area contributed by atoms with Crippen molar-refractivity contribution in [3.8, 4) is 11.8 Å². The highest BCUT2D eigenvalue weighted by atomic mass is 16.5. The van der Waals surface area contributed by atoms with E-state index in [-0.39, 0.29) is 0 Å². The summed E-state index contributed by atoms with van der Waals surface area (Å²) in [6, 6.07) is 9.21. The molecule has 1 aromatic heterocycles. The van der Waals surface area contributed by atoms with Gasteiger partial charge < -0.3 is 4.74 Å². The maximum atomic E-state index is 8.71.